The number of unbranched alkanes of at least 4 members (excludes halogenated alkanes) is 11. The summed E-state index contributed by atoms with van der Waals surface area (Å²) in [6, 6.07) is 0. The summed E-state index contributed by atoms with van der Waals surface area (Å²) in [5.74, 6) is -0.0115. The number of hydrogen-bond donors (Lipinski definition) is 0. The Morgan fingerprint density at radius 3 is 1.88 bits per heavy atom. The van der Waals surface area contributed by atoms with Crippen molar-refractivity contribution in [1.29, 1.82) is 0 Å². The van der Waals surface area contributed by atoms with Crippen LogP contribution in [0.25, 0.3) is 0 Å². The van der Waals surface area contributed by atoms with Crippen LogP contribution in [0, 0.1) is 5.41 Å². The highest BCUT2D eigenvalue weighted by Gasteiger charge is 2.28. The van der Waals surface area contributed by atoms with Crippen molar-refractivity contribution in [3.63, 3.8) is 0 Å². The zero-order valence-corrected chi connectivity index (χ0v) is 18.1. The number of carbonyl (C=O) groups excluding carboxylic acids is 1. The van der Waals surface area contributed by atoms with Gasteiger partial charge < -0.3 is 4.74 Å². The molecule has 0 aliphatic rings. The highest BCUT2D eigenvalue weighted by molar-refractivity contribution is 9.09. The van der Waals surface area contributed by atoms with Crippen LogP contribution in [0.1, 0.15) is 111 Å². The third-order valence-corrected chi connectivity index (χ3v) is 5.28. The van der Waals surface area contributed by atoms with Crippen LogP contribution in [0.15, 0.2) is 0 Å². The predicted octanol–water partition coefficient (Wildman–Crippen LogP) is 7.43. The highest BCUT2D eigenvalue weighted by Crippen LogP contribution is 2.26. The number of esters is 1. The number of carbonyl (C=O) groups is 1. The van der Waals surface area contributed by atoms with E-state index in [9.17, 15) is 4.79 Å². The third kappa shape index (κ3) is 14.3. The standard InChI is InChI=1S/C21H41BrO2/c1-4-5-6-7-8-9-10-13-16-19-24-20(23)21(2,3)17-14-11-12-15-18-22/h4-19H2,1-3H3. The van der Waals surface area contributed by atoms with Crippen LogP contribution in [-0.2, 0) is 9.53 Å². The van der Waals surface area contributed by atoms with Crippen LogP contribution >= 0.6 is 15.9 Å². The Balaban J connectivity index is 3.52. The Hall–Kier alpha value is -0.0500. The van der Waals surface area contributed by atoms with Crippen molar-refractivity contribution in [2.75, 3.05) is 11.9 Å². The number of halogens is 1. The fraction of sp³-hybridized carbons (Fsp3) is 0.952. The van der Waals surface area contributed by atoms with Gasteiger partial charge in [0.25, 0.3) is 0 Å². The van der Waals surface area contributed by atoms with Gasteiger partial charge in [0.15, 0.2) is 0 Å². The fourth-order valence-electron chi connectivity index (χ4n) is 2.89. The Kier molecular flexibility index (Phi) is 16.4. The van der Waals surface area contributed by atoms with Gasteiger partial charge in [-0.3, -0.25) is 4.79 Å². The van der Waals surface area contributed by atoms with E-state index < -0.39 is 0 Å². The van der Waals surface area contributed by atoms with E-state index in [-0.39, 0.29) is 11.4 Å². The molecule has 0 N–H and O–H groups in total. The van der Waals surface area contributed by atoms with Gasteiger partial charge in [-0.25, -0.2) is 0 Å². The average Bonchev–Trinajstić information content (AvgIpc) is 2.56. The lowest BCUT2D eigenvalue weighted by molar-refractivity contribution is -0.154. The molecule has 0 amide bonds. The number of hydrogen-bond acceptors (Lipinski definition) is 2. The highest BCUT2D eigenvalue weighted by atomic mass is 79.9. The van der Waals surface area contributed by atoms with Crippen molar-refractivity contribution in [1.82, 2.24) is 0 Å². The maximum atomic E-state index is 12.2. The molecule has 0 heterocycles. The topological polar surface area (TPSA) is 26.3 Å². The van der Waals surface area contributed by atoms with Gasteiger partial charge in [-0.1, -0.05) is 93.5 Å². The van der Waals surface area contributed by atoms with Crippen molar-refractivity contribution >= 4 is 21.9 Å². The number of alkyl halides is 1. The smallest absolute Gasteiger partial charge is 0.311 e. The monoisotopic (exact) mass is 404 g/mol. The summed E-state index contributed by atoms with van der Waals surface area (Å²) in [6.45, 7) is 6.90. The molecule has 0 aromatic heterocycles. The first-order valence-corrected chi connectivity index (χ1v) is 11.4. The maximum Gasteiger partial charge on any atom is 0.311 e. The summed E-state index contributed by atoms with van der Waals surface area (Å²) in [7, 11) is 0. The zero-order chi connectivity index (χ0) is 18.1. The normalized spacial score (nSPS) is 11.7. The Morgan fingerprint density at radius 2 is 1.29 bits per heavy atom. The number of rotatable bonds is 17. The van der Waals surface area contributed by atoms with Crippen molar-refractivity contribution in [3.8, 4) is 0 Å². The molecule has 0 radical (unpaired) electrons. The van der Waals surface area contributed by atoms with Crippen molar-refractivity contribution < 1.29 is 9.53 Å². The van der Waals surface area contributed by atoms with Gasteiger partial charge in [0, 0.05) is 5.33 Å². The molecule has 0 aliphatic heterocycles. The molecule has 0 fully saturated rings. The molecule has 0 saturated carbocycles. The van der Waals surface area contributed by atoms with E-state index in [2.05, 4.69) is 22.9 Å². The van der Waals surface area contributed by atoms with Crippen LogP contribution in [-0.4, -0.2) is 17.9 Å². The number of ether oxygens (including phenoxy) is 1. The Labute approximate surface area is 159 Å². The van der Waals surface area contributed by atoms with Crippen LogP contribution in [0.2, 0.25) is 0 Å². The third-order valence-electron chi connectivity index (χ3n) is 4.72. The van der Waals surface area contributed by atoms with Crippen LogP contribution in [0.4, 0.5) is 0 Å². The van der Waals surface area contributed by atoms with Gasteiger partial charge in [0.2, 0.25) is 0 Å². The lowest BCUT2D eigenvalue weighted by Crippen LogP contribution is -2.27. The van der Waals surface area contributed by atoms with Gasteiger partial charge in [-0.15, -0.1) is 0 Å². The maximum absolute atomic E-state index is 12.2. The second-order valence-corrected chi connectivity index (χ2v) is 8.49. The first kappa shape index (κ1) is 23.9. The minimum Gasteiger partial charge on any atom is -0.465 e. The van der Waals surface area contributed by atoms with E-state index in [1.54, 1.807) is 0 Å². The molecule has 0 aliphatic carbocycles. The van der Waals surface area contributed by atoms with Gasteiger partial charge in [-0.2, -0.15) is 0 Å². The second-order valence-electron chi connectivity index (χ2n) is 7.70. The molecule has 0 rings (SSSR count). The Bertz CT molecular complexity index is 290. The SMILES string of the molecule is CCCCCCCCCCCOC(=O)C(C)(C)CCCCCCBr. The van der Waals surface area contributed by atoms with E-state index >= 15 is 0 Å². The summed E-state index contributed by atoms with van der Waals surface area (Å²) >= 11 is 3.45. The summed E-state index contributed by atoms with van der Waals surface area (Å²) in [4.78, 5) is 12.2. The predicted molar refractivity (Wildman–Crippen MR) is 109 cm³/mol. The molecule has 0 saturated heterocycles. The van der Waals surface area contributed by atoms with Crippen molar-refractivity contribution in [3.05, 3.63) is 0 Å². The lowest BCUT2D eigenvalue weighted by Gasteiger charge is -2.22. The molecule has 0 aromatic rings. The molecule has 144 valence electrons. The molecular formula is C21H41BrO2. The van der Waals surface area contributed by atoms with E-state index in [1.807, 2.05) is 13.8 Å². The molecule has 3 heteroatoms. The summed E-state index contributed by atoms with van der Waals surface area (Å²) in [6.07, 6.45) is 17.4. The summed E-state index contributed by atoms with van der Waals surface area (Å²) in [5, 5.41) is 1.08. The molecule has 2 nitrogen and oxygen atoms in total. The first-order chi connectivity index (χ1) is 11.5. The molecular weight excluding hydrogens is 364 g/mol. The molecule has 0 bridgehead atoms. The van der Waals surface area contributed by atoms with E-state index in [4.69, 9.17) is 4.74 Å². The minimum absolute atomic E-state index is 0.0115. The van der Waals surface area contributed by atoms with Gasteiger partial charge >= 0.3 is 5.97 Å². The van der Waals surface area contributed by atoms with Gasteiger partial charge in [0.05, 0.1) is 12.0 Å². The van der Waals surface area contributed by atoms with Crippen molar-refractivity contribution in [2.24, 2.45) is 5.41 Å². The van der Waals surface area contributed by atoms with Crippen LogP contribution < -0.4 is 0 Å². The molecule has 0 atom stereocenters. The molecule has 0 unspecified atom stereocenters. The van der Waals surface area contributed by atoms with Crippen LogP contribution in [0.3, 0.4) is 0 Å². The van der Waals surface area contributed by atoms with Gasteiger partial charge in [-0.05, 0) is 33.1 Å². The van der Waals surface area contributed by atoms with Crippen molar-refractivity contribution in [2.45, 2.75) is 111 Å². The molecule has 0 spiro atoms. The average molecular weight is 405 g/mol. The Morgan fingerprint density at radius 1 is 0.792 bits per heavy atom. The largest absolute Gasteiger partial charge is 0.465 e. The first-order valence-electron chi connectivity index (χ1n) is 10.3. The van der Waals surface area contributed by atoms with Gasteiger partial charge in [0.1, 0.15) is 0 Å². The molecule has 24 heavy (non-hydrogen) atoms. The second kappa shape index (κ2) is 16.4. The van der Waals surface area contributed by atoms with E-state index in [1.165, 1.54) is 70.6 Å². The zero-order valence-electron chi connectivity index (χ0n) is 16.5. The van der Waals surface area contributed by atoms with E-state index in [0.29, 0.717) is 6.61 Å². The van der Waals surface area contributed by atoms with Crippen LogP contribution in [0.5, 0.6) is 0 Å². The molecule has 0 aromatic carbocycles. The van der Waals surface area contributed by atoms with E-state index in [0.717, 1.165) is 24.6 Å². The quantitative estimate of drug-likeness (QED) is 0.143. The lowest BCUT2D eigenvalue weighted by atomic mass is 9.87. The summed E-state index contributed by atoms with van der Waals surface area (Å²) < 4.78 is 5.50. The fourth-order valence-corrected chi connectivity index (χ4v) is 3.29. The minimum atomic E-state index is -0.326. The summed E-state index contributed by atoms with van der Waals surface area (Å²) in [5.41, 5.74) is -0.326.